The number of carbonyl (C=O) groups excluding carboxylic acids is 3. The molecule has 0 atom stereocenters. The first kappa shape index (κ1) is 22.4. The van der Waals surface area contributed by atoms with Gasteiger partial charge in [-0.1, -0.05) is 6.07 Å². The van der Waals surface area contributed by atoms with Crippen molar-refractivity contribution in [1.82, 2.24) is 5.43 Å². The molecule has 2 aromatic rings. The molecule has 0 aromatic heterocycles. The van der Waals surface area contributed by atoms with Gasteiger partial charge in [-0.25, -0.2) is 5.43 Å². The van der Waals surface area contributed by atoms with Crippen LogP contribution < -0.4 is 25.3 Å². The summed E-state index contributed by atoms with van der Waals surface area (Å²) >= 11 is 0. The van der Waals surface area contributed by atoms with Gasteiger partial charge in [0.25, 0.3) is 0 Å². The molecule has 0 heterocycles. The zero-order chi connectivity index (χ0) is 22.1. The van der Waals surface area contributed by atoms with Gasteiger partial charge in [-0.3, -0.25) is 9.59 Å². The normalized spacial score (nSPS) is 10.5. The van der Waals surface area contributed by atoms with E-state index in [-0.39, 0.29) is 5.75 Å². The maximum atomic E-state index is 12.0. The molecule has 0 aliphatic carbocycles. The number of amides is 2. The molecule has 158 valence electrons. The van der Waals surface area contributed by atoms with Crippen molar-refractivity contribution in [3.63, 3.8) is 0 Å². The number of aryl methyl sites for hydroxylation is 2. The monoisotopic (exact) mass is 412 g/mol. The summed E-state index contributed by atoms with van der Waals surface area (Å²) in [5, 5.41) is 16.8. The van der Waals surface area contributed by atoms with Crippen LogP contribution in [0.25, 0.3) is 0 Å². The highest BCUT2D eigenvalue weighted by Gasteiger charge is 2.13. The third-order valence-electron chi connectivity index (χ3n) is 3.96. The fourth-order valence-electron chi connectivity index (χ4n) is 2.35. The third-order valence-corrected chi connectivity index (χ3v) is 3.96. The van der Waals surface area contributed by atoms with Crippen molar-refractivity contribution in [3.8, 4) is 11.5 Å². The van der Waals surface area contributed by atoms with Crippen molar-refractivity contribution < 1.29 is 29.0 Å². The molecule has 9 heteroatoms. The van der Waals surface area contributed by atoms with E-state index >= 15 is 0 Å². The predicted octanol–water partition coefficient (Wildman–Crippen LogP) is 0.920. The summed E-state index contributed by atoms with van der Waals surface area (Å²) in [4.78, 5) is 34.4. The number of carbonyl (C=O) groups is 3. The van der Waals surface area contributed by atoms with Crippen LogP contribution in [0.15, 0.2) is 41.5 Å². The van der Waals surface area contributed by atoms with Crippen LogP contribution >= 0.6 is 0 Å². The van der Waals surface area contributed by atoms with Crippen LogP contribution in [0.3, 0.4) is 0 Å². The van der Waals surface area contributed by atoms with Gasteiger partial charge in [0.05, 0.1) is 18.8 Å². The number of anilines is 1. The molecule has 2 rings (SSSR count). The second-order valence-corrected chi connectivity index (χ2v) is 6.25. The summed E-state index contributed by atoms with van der Waals surface area (Å²) in [7, 11) is 0. The number of benzene rings is 2. The zero-order valence-corrected chi connectivity index (χ0v) is 16.9. The van der Waals surface area contributed by atoms with Crippen LogP contribution in [0.4, 0.5) is 5.69 Å². The number of nitrogens with one attached hydrogen (secondary N) is 2. The van der Waals surface area contributed by atoms with Crippen molar-refractivity contribution in [2.24, 2.45) is 5.10 Å². The second-order valence-electron chi connectivity index (χ2n) is 6.25. The average molecular weight is 412 g/mol. The Morgan fingerprint density at radius 1 is 1.00 bits per heavy atom. The molecule has 0 bridgehead atoms. The van der Waals surface area contributed by atoms with E-state index in [1.54, 1.807) is 31.2 Å². The van der Waals surface area contributed by atoms with Crippen LogP contribution in [0, 0.1) is 13.8 Å². The molecule has 2 N–H and O–H groups in total. The lowest BCUT2D eigenvalue weighted by Crippen LogP contribution is -2.32. The second kappa shape index (κ2) is 10.6. The van der Waals surface area contributed by atoms with Crippen molar-refractivity contribution >= 4 is 29.7 Å². The predicted molar refractivity (Wildman–Crippen MR) is 108 cm³/mol. The first-order chi connectivity index (χ1) is 14.3. The minimum Gasteiger partial charge on any atom is -0.546 e. The van der Waals surface area contributed by atoms with Gasteiger partial charge >= 0.3 is 11.8 Å². The highest BCUT2D eigenvalue weighted by atomic mass is 16.5. The Bertz CT molecular complexity index is 971. The molecule has 30 heavy (non-hydrogen) atoms. The topological polar surface area (TPSA) is 129 Å². The van der Waals surface area contributed by atoms with Gasteiger partial charge in [0.1, 0.15) is 6.61 Å². The van der Waals surface area contributed by atoms with E-state index in [0.717, 1.165) is 11.1 Å². The van der Waals surface area contributed by atoms with Gasteiger partial charge in [-0.05, 0) is 67.8 Å². The highest BCUT2D eigenvalue weighted by Crippen LogP contribution is 2.28. The number of carboxylic acids is 1. The van der Waals surface area contributed by atoms with Crippen LogP contribution in [0.5, 0.6) is 11.5 Å². The van der Waals surface area contributed by atoms with E-state index < -0.39 is 24.4 Å². The van der Waals surface area contributed by atoms with Crippen LogP contribution in [0.2, 0.25) is 0 Å². The molecule has 2 aromatic carbocycles. The molecule has 0 fully saturated rings. The smallest absolute Gasteiger partial charge is 0.329 e. The van der Waals surface area contributed by atoms with Gasteiger partial charge in [-0.15, -0.1) is 0 Å². The number of hydrazone groups is 1. The Morgan fingerprint density at radius 2 is 1.77 bits per heavy atom. The number of aliphatic carboxylic acids is 1. The van der Waals surface area contributed by atoms with Crippen molar-refractivity contribution in [1.29, 1.82) is 0 Å². The molecule has 0 unspecified atom stereocenters. The minimum absolute atomic E-state index is 0.231. The fraction of sp³-hybridized carbons (Fsp3) is 0.238. The number of carboxylic acid groups (broad SMARTS) is 1. The Balaban J connectivity index is 1.98. The SMILES string of the molecule is CCOc1cc(/C=N\NC(=O)C(=O)Nc2ccc(C)c(C)c2)ccc1OCC(=O)[O-]. The summed E-state index contributed by atoms with van der Waals surface area (Å²) < 4.78 is 10.5. The molecule has 0 saturated carbocycles. The average Bonchev–Trinajstić information content (AvgIpc) is 2.70. The number of ether oxygens (including phenoxy) is 2. The number of hydrogen-bond donors (Lipinski definition) is 2. The summed E-state index contributed by atoms with van der Waals surface area (Å²) in [6, 6.07) is 9.96. The fourth-order valence-corrected chi connectivity index (χ4v) is 2.35. The molecule has 0 aliphatic rings. The number of hydrogen-bond acceptors (Lipinski definition) is 7. The van der Waals surface area contributed by atoms with Crippen molar-refractivity contribution in [2.75, 3.05) is 18.5 Å². The first-order valence-corrected chi connectivity index (χ1v) is 9.11. The lowest BCUT2D eigenvalue weighted by molar-refractivity contribution is -0.307. The van der Waals surface area contributed by atoms with E-state index in [2.05, 4.69) is 15.8 Å². The van der Waals surface area contributed by atoms with Gasteiger partial charge in [0, 0.05) is 5.69 Å². The van der Waals surface area contributed by atoms with E-state index in [4.69, 9.17) is 9.47 Å². The molecular weight excluding hydrogens is 390 g/mol. The van der Waals surface area contributed by atoms with Crippen LogP contribution in [0.1, 0.15) is 23.6 Å². The molecular formula is C21H22N3O6-. The first-order valence-electron chi connectivity index (χ1n) is 9.11. The van der Waals surface area contributed by atoms with E-state index in [9.17, 15) is 19.5 Å². The zero-order valence-electron chi connectivity index (χ0n) is 16.9. The van der Waals surface area contributed by atoms with Gasteiger partial charge in [-0.2, -0.15) is 5.10 Å². The molecule has 0 saturated heterocycles. The van der Waals surface area contributed by atoms with Crippen molar-refractivity contribution in [2.45, 2.75) is 20.8 Å². The standard InChI is InChI=1S/C21H23N3O6/c1-4-29-18-10-15(6-8-17(18)30-12-19(25)26)11-22-24-21(28)20(27)23-16-7-5-13(2)14(3)9-16/h5-11H,4,12H2,1-3H3,(H,23,27)(H,24,28)(H,25,26)/p-1/b22-11-. The maximum absolute atomic E-state index is 12.0. The van der Waals surface area contributed by atoms with Gasteiger partial charge in [0.2, 0.25) is 0 Å². The Hall–Kier alpha value is -3.88. The van der Waals surface area contributed by atoms with Crippen LogP contribution in [-0.4, -0.2) is 37.2 Å². The van der Waals surface area contributed by atoms with E-state index in [0.29, 0.717) is 23.6 Å². The largest absolute Gasteiger partial charge is 0.546 e. The summed E-state index contributed by atoms with van der Waals surface area (Å²) in [5.41, 5.74) is 5.25. The highest BCUT2D eigenvalue weighted by molar-refractivity contribution is 6.39. The number of rotatable bonds is 8. The Morgan fingerprint density at radius 3 is 2.43 bits per heavy atom. The summed E-state index contributed by atoms with van der Waals surface area (Å²) in [6.45, 7) is 5.33. The molecule has 0 aliphatic heterocycles. The molecule has 0 spiro atoms. The van der Waals surface area contributed by atoms with Gasteiger partial charge < -0.3 is 24.7 Å². The minimum atomic E-state index is -1.36. The molecule has 0 radical (unpaired) electrons. The maximum Gasteiger partial charge on any atom is 0.329 e. The molecule has 2 amide bonds. The number of nitrogens with zero attached hydrogens (tertiary/aromatic N) is 1. The summed E-state index contributed by atoms with van der Waals surface area (Å²) in [6.07, 6.45) is 1.31. The van der Waals surface area contributed by atoms with Crippen molar-refractivity contribution in [3.05, 3.63) is 53.1 Å². The Kier molecular flexibility index (Phi) is 7.92. The van der Waals surface area contributed by atoms with E-state index in [1.807, 2.05) is 19.9 Å². The Labute approximate surface area is 173 Å². The van der Waals surface area contributed by atoms with E-state index in [1.165, 1.54) is 12.3 Å². The third kappa shape index (κ3) is 6.62. The lowest BCUT2D eigenvalue weighted by atomic mass is 10.1. The lowest BCUT2D eigenvalue weighted by Gasteiger charge is -2.12. The summed E-state index contributed by atoms with van der Waals surface area (Å²) in [5.74, 6) is -2.60. The molecule has 9 nitrogen and oxygen atoms in total. The quantitative estimate of drug-likeness (QED) is 0.377. The van der Waals surface area contributed by atoms with Gasteiger partial charge in [0.15, 0.2) is 11.5 Å². The van der Waals surface area contributed by atoms with Crippen LogP contribution in [-0.2, 0) is 14.4 Å².